The molecule has 0 spiro atoms. The van der Waals surface area contributed by atoms with E-state index in [0.29, 0.717) is 6.04 Å². The molecule has 20 heavy (non-hydrogen) atoms. The summed E-state index contributed by atoms with van der Waals surface area (Å²) in [6.45, 7) is 0. The zero-order valence-corrected chi connectivity index (χ0v) is 11.9. The molecule has 1 aromatic carbocycles. The Labute approximate surface area is 119 Å². The molecule has 1 amide bonds. The molecule has 106 valence electrons. The molecule has 4 heteroatoms. The molecule has 1 heterocycles. The van der Waals surface area contributed by atoms with Crippen molar-refractivity contribution in [1.82, 2.24) is 15.1 Å². The number of carbonyl (C=O) groups excluding carboxylic acids is 1. The largest absolute Gasteiger partial charge is 0.349 e. The SMILES string of the molecule is Cn1ncc2ccc(C(=O)NC3CCCCCC3)cc21. The van der Waals surface area contributed by atoms with Crippen molar-refractivity contribution in [3.05, 3.63) is 30.0 Å². The summed E-state index contributed by atoms with van der Waals surface area (Å²) in [5, 5.41) is 8.46. The van der Waals surface area contributed by atoms with Crippen LogP contribution in [0.15, 0.2) is 24.4 Å². The molecule has 4 nitrogen and oxygen atoms in total. The van der Waals surface area contributed by atoms with E-state index in [1.54, 1.807) is 4.68 Å². The Balaban J connectivity index is 1.75. The third-order valence-electron chi connectivity index (χ3n) is 4.20. The molecule has 1 aliphatic rings. The smallest absolute Gasteiger partial charge is 0.251 e. The van der Waals surface area contributed by atoms with Crippen LogP contribution in [-0.4, -0.2) is 21.7 Å². The van der Waals surface area contributed by atoms with Crippen LogP contribution in [0.3, 0.4) is 0 Å². The van der Waals surface area contributed by atoms with Gasteiger partial charge in [-0.2, -0.15) is 5.10 Å². The van der Waals surface area contributed by atoms with Crippen LogP contribution in [0.2, 0.25) is 0 Å². The summed E-state index contributed by atoms with van der Waals surface area (Å²) in [6, 6.07) is 6.11. The highest BCUT2D eigenvalue weighted by Crippen LogP contribution is 2.19. The minimum Gasteiger partial charge on any atom is -0.349 e. The van der Waals surface area contributed by atoms with Crippen LogP contribution in [0.1, 0.15) is 48.9 Å². The van der Waals surface area contributed by atoms with Crippen molar-refractivity contribution in [3.63, 3.8) is 0 Å². The number of hydrogen-bond acceptors (Lipinski definition) is 2. The van der Waals surface area contributed by atoms with Gasteiger partial charge in [0.25, 0.3) is 5.91 Å². The van der Waals surface area contributed by atoms with Crippen molar-refractivity contribution in [2.45, 2.75) is 44.6 Å². The molecule has 0 unspecified atom stereocenters. The van der Waals surface area contributed by atoms with Gasteiger partial charge in [-0.25, -0.2) is 0 Å². The van der Waals surface area contributed by atoms with Crippen LogP contribution in [-0.2, 0) is 7.05 Å². The Hall–Kier alpha value is -1.84. The van der Waals surface area contributed by atoms with Gasteiger partial charge in [-0.15, -0.1) is 0 Å². The van der Waals surface area contributed by atoms with Crippen LogP contribution in [0.4, 0.5) is 0 Å². The highest BCUT2D eigenvalue weighted by molar-refractivity contribution is 5.97. The lowest BCUT2D eigenvalue weighted by molar-refractivity contribution is 0.0933. The van der Waals surface area contributed by atoms with E-state index in [0.717, 1.165) is 29.3 Å². The standard InChI is InChI=1S/C16H21N3O/c1-19-15-10-12(8-9-13(15)11-17-19)16(20)18-14-6-4-2-3-5-7-14/h8-11,14H,2-7H2,1H3,(H,18,20). The van der Waals surface area contributed by atoms with Gasteiger partial charge in [0, 0.05) is 24.0 Å². The Bertz CT molecular complexity index is 609. The summed E-state index contributed by atoms with van der Waals surface area (Å²) in [7, 11) is 1.90. The molecule has 1 aromatic heterocycles. The van der Waals surface area contributed by atoms with E-state index in [4.69, 9.17) is 0 Å². The number of benzene rings is 1. The van der Waals surface area contributed by atoms with E-state index in [9.17, 15) is 4.79 Å². The van der Waals surface area contributed by atoms with Gasteiger partial charge in [-0.1, -0.05) is 31.7 Å². The molecule has 0 bridgehead atoms. The lowest BCUT2D eigenvalue weighted by Gasteiger charge is -2.16. The van der Waals surface area contributed by atoms with Crippen LogP contribution in [0, 0.1) is 0 Å². The number of aromatic nitrogens is 2. The van der Waals surface area contributed by atoms with Crippen molar-refractivity contribution in [3.8, 4) is 0 Å². The van der Waals surface area contributed by atoms with Crippen LogP contribution < -0.4 is 5.32 Å². The molecular formula is C16H21N3O. The fourth-order valence-electron chi connectivity index (χ4n) is 2.98. The highest BCUT2D eigenvalue weighted by atomic mass is 16.1. The maximum atomic E-state index is 12.4. The molecular weight excluding hydrogens is 250 g/mol. The molecule has 1 aliphatic carbocycles. The number of nitrogens with zero attached hydrogens (tertiary/aromatic N) is 2. The number of fused-ring (bicyclic) bond motifs is 1. The zero-order valence-electron chi connectivity index (χ0n) is 11.9. The highest BCUT2D eigenvalue weighted by Gasteiger charge is 2.16. The first-order valence-electron chi connectivity index (χ1n) is 7.47. The molecule has 0 aliphatic heterocycles. The third kappa shape index (κ3) is 2.69. The molecule has 0 atom stereocenters. The Kier molecular flexibility index (Phi) is 3.72. The van der Waals surface area contributed by atoms with Gasteiger partial charge in [0.1, 0.15) is 0 Å². The molecule has 0 saturated heterocycles. The van der Waals surface area contributed by atoms with E-state index < -0.39 is 0 Å². The summed E-state index contributed by atoms with van der Waals surface area (Å²) >= 11 is 0. The maximum Gasteiger partial charge on any atom is 0.251 e. The fraction of sp³-hybridized carbons (Fsp3) is 0.500. The minimum absolute atomic E-state index is 0.0417. The van der Waals surface area contributed by atoms with Crippen molar-refractivity contribution < 1.29 is 4.79 Å². The summed E-state index contributed by atoms with van der Waals surface area (Å²) in [6.07, 6.45) is 9.10. The average Bonchev–Trinajstić information content (AvgIpc) is 2.66. The predicted molar refractivity (Wildman–Crippen MR) is 79.7 cm³/mol. The first kappa shape index (κ1) is 13.2. The monoisotopic (exact) mass is 271 g/mol. The number of rotatable bonds is 2. The summed E-state index contributed by atoms with van der Waals surface area (Å²) < 4.78 is 1.80. The van der Waals surface area contributed by atoms with Gasteiger partial charge in [0.15, 0.2) is 0 Å². The van der Waals surface area contributed by atoms with Gasteiger partial charge in [0.2, 0.25) is 0 Å². The quantitative estimate of drug-likeness (QED) is 0.853. The lowest BCUT2D eigenvalue weighted by atomic mass is 10.1. The van der Waals surface area contributed by atoms with E-state index in [-0.39, 0.29) is 5.91 Å². The van der Waals surface area contributed by atoms with Crippen molar-refractivity contribution in [1.29, 1.82) is 0 Å². The van der Waals surface area contributed by atoms with Gasteiger partial charge in [-0.05, 0) is 25.0 Å². The van der Waals surface area contributed by atoms with Gasteiger partial charge >= 0.3 is 0 Å². The second kappa shape index (κ2) is 5.65. The maximum absolute atomic E-state index is 12.4. The first-order chi connectivity index (χ1) is 9.74. The van der Waals surface area contributed by atoms with Crippen molar-refractivity contribution >= 4 is 16.8 Å². The normalized spacial score (nSPS) is 17.1. The molecule has 1 fully saturated rings. The van der Waals surface area contributed by atoms with Gasteiger partial charge in [-0.3, -0.25) is 9.48 Å². The van der Waals surface area contributed by atoms with E-state index >= 15 is 0 Å². The number of amides is 1. The topological polar surface area (TPSA) is 46.9 Å². The summed E-state index contributed by atoms with van der Waals surface area (Å²) in [4.78, 5) is 12.4. The van der Waals surface area contributed by atoms with E-state index in [1.165, 1.54) is 25.7 Å². The average molecular weight is 271 g/mol. The number of carbonyl (C=O) groups is 1. The number of nitrogens with one attached hydrogen (secondary N) is 1. The van der Waals surface area contributed by atoms with Crippen LogP contribution >= 0.6 is 0 Å². The molecule has 0 radical (unpaired) electrons. The van der Waals surface area contributed by atoms with Gasteiger partial charge < -0.3 is 5.32 Å². The van der Waals surface area contributed by atoms with Crippen molar-refractivity contribution in [2.75, 3.05) is 0 Å². The number of aryl methyl sites for hydroxylation is 1. The predicted octanol–water partition coefficient (Wildman–Crippen LogP) is 3.03. The van der Waals surface area contributed by atoms with E-state index in [2.05, 4.69) is 10.4 Å². The lowest BCUT2D eigenvalue weighted by Crippen LogP contribution is -2.34. The van der Waals surface area contributed by atoms with E-state index in [1.807, 2.05) is 31.4 Å². The third-order valence-corrected chi connectivity index (χ3v) is 4.20. The molecule has 1 N–H and O–H groups in total. The number of hydrogen-bond donors (Lipinski definition) is 1. The Morgan fingerprint density at radius 2 is 2.00 bits per heavy atom. The molecule has 2 aromatic rings. The zero-order chi connectivity index (χ0) is 13.9. The van der Waals surface area contributed by atoms with Crippen LogP contribution in [0.5, 0.6) is 0 Å². The fourth-order valence-corrected chi connectivity index (χ4v) is 2.98. The molecule has 3 rings (SSSR count). The minimum atomic E-state index is 0.0417. The van der Waals surface area contributed by atoms with Crippen LogP contribution in [0.25, 0.3) is 10.9 Å². The second-order valence-corrected chi connectivity index (χ2v) is 5.70. The second-order valence-electron chi connectivity index (χ2n) is 5.70. The van der Waals surface area contributed by atoms with Gasteiger partial charge in [0.05, 0.1) is 11.7 Å². The summed E-state index contributed by atoms with van der Waals surface area (Å²) in [5.74, 6) is 0.0417. The molecule has 1 saturated carbocycles. The van der Waals surface area contributed by atoms with Crippen molar-refractivity contribution in [2.24, 2.45) is 7.05 Å². The Morgan fingerprint density at radius 1 is 1.25 bits per heavy atom. The Morgan fingerprint density at radius 3 is 2.75 bits per heavy atom. The summed E-state index contributed by atoms with van der Waals surface area (Å²) in [5.41, 5.74) is 1.73. The first-order valence-corrected chi connectivity index (χ1v) is 7.47.